The summed E-state index contributed by atoms with van der Waals surface area (Å²) in [5, 5.41) is 3.24. The molecule has 2 heterocycles. The van der Waals surface area contributed by atoms with Crippen LogP contribution in [0.15, 0.2) is 65.6 Å². The number of fused-ring (bicyclic) bond motifs is 1. The molecular formula is C25H28ClN2O4P. The Morgan fingerprint density at radius 2 is 1.64 bits per heavy atom. The number of hydrogen-bond donors (Lipinski definition) is 1. The lowest BCUT2D eigenvalue weighted by Crippen LogP contribution is -2.34. The Morgan fingerprint density at radius 3 is 2.24 bits per heavy atom. The van der Waals surface area contributed by atoms with E-state index in [1.54, 1.807) is 42.5 Å². The van der Waals surface area contributed by atoms with Crippen LogP contribution in [0.1, 0.15) is 66.9 Å². The summed E-state index contributed by atoms with van der Waals surface area (Å²) in [5.41, 5.74) is 0.807. The molecule has 33 heavy (non-hydrogen) atoms. The average Bonchev–Trinajstić information content (AvgIpc) is 2.85. The second-order valence-electron chi connectivity index (χ2n) is 7.94. The van der Waals surface area contributed by atoms with Gasteiger partial charge in [0.25, 0.3) is 11.5 Å². The molecule has 1 aliphatic carbocycles. The first-order valence-corrected chi connectivity index (χ1v) is 11.9. The van der Waals surface area contributed by atoms with Gasteiger partial charge in [-0.1, -0.05) is 80.5 Å². The lowest BCUT2D eigenvalue weighted by Gasteiger charge is -2.18. The smallest absolute Gasteiger partial charge is 0.310 e. The highest BCUT2D eigenvalue weighted by Gasteiger charge is 2.21. The molecule has 1 fully saturated rings. The third-order valence-corrected chi connectivity index (χ3v) is 6.07. The minimum Gasteiger partial charge on any atom is -0.451 e. The van der Waals surface area contributed by atoms with Crippen LogP contribution in [0.25, 0.3) is 5.52 Å². The maximum absolute atomic E-state index is 12.7. The first-order valence-electron chi connectivity index (χ1n) is 11.1. The van der Waals surface area contributed by atoms with E-state index in [9.17, 15) is 14.4 Å². The van der Waals surface area contributed by atoms with Crippen molar-refractivity contribution in [3.05, 3.63) is 87.3 Å². The molecule has 1 aromatic carbocycles. The molecule has 0 aliphatic heterocycles. The molecule has 0 saturated heterocycles. The van der Waals surface area contributed by atoms with Crippen molar-refractivity contribution in [2.75, 3.05) is 0 Å². The number of benzene rings is 1. The first-order chi connectivity index (χ1) is 16.0. The molecule has 0 bridgehead atoms. The Bertz CT molecular complexity index is 1130. The van der Waals surface area contributed by atoms with Crippen LogP contribution >= 0.6 is 21.1 Å². The Kier molecular flexibility index (Phi) is 9.47. The van der Waals surface area contributed by atoms with Gasteiger partial charge in [-0.05, 0) is 29.8 Å². The molecular weight excluding hydrogens is 459 g/mol. The van der Waals surface area contributed by atoms with Crippen molar-refractivity contribution in [3.8, 4) is 0 Å². The van der Waals surface area contributed by atoms with Gasteiger partial charge < -0.3 is 9.84 Å². The van der Waals surface area contributed by atoms with E-state index in [4.69, 9.17) is 11.6 Å². The zero-order chi connectivity index (χ0) is 23.6. The highest BCUT2D eigenvalue weighted by atomic mass is 35.5. The van der Waals surface area contributed by atoms with Gasteiger partial charge in [-0.25, -0.2) is 0 Å². The fraction of sp³-hybridized carbons (Fsp3) is 0.320. The number of rotatable bonds is 5. The molecule has 1 amide bonds. The highest BCUT2D eigenvalue weighted by molar-refractivity contribution is 7.10. The third-order valence-electron chi connectivity index (χ3n) is 5.57. The van der Waals surface area contributed by atoms with E-state index in [2.05, 4.69) is 9.84 Å². The van der Waals surface area contributed by atoms with Gasteiger partial charge in [0.1, 0.15) is 5.56 Å². The van der Waals surface area contributed by atoms with Crippen LogP contribution < -0.4 is 10.9 Å². The van der Waals surface area contributed by atoms with Crippen molar-refractivity contribution in [2.24, 2.45) is 0 Å². The maximum atomic E-state index is 12.7. The number of halogens is 1. The number of nitrogens with zero attached hydrogens (tertiary/aromatic N) is 1. The van der Waals surface area contributed by atoms with Crippen molar-refractivity contribution >= 4 is 38.5 Å². The van der Waals surface area contributed by atoms with E-state index in [0.29, 0.717) is 10.5 Å². The van der Waals surface area contributed by atoms with Gasteiger partial charge in [0, 0.05) is 11.2 Å². The number of nitrogens with one attached hydrogen (secondary N) is 1. The van der Waals surface area contributed by atoms with Crippen LogP contribution in [-0.2, 0) is 9.32 Å². The number of pyridine rings is 2. The van der Waals surface area contributed by atoms with Gasteiger partial charge in [-0.2, -0.15) is 0 Å². The summed E-state index contributed by atoms with van der Waals surface area (Å²) in [6.45, 7) is 0. The van der Waals surface area contributed by atoms with Crippen molar-refractivity contribution < 1.29 is 14.1 Å². The summed E-state index contributed by atoms with van der Waals surface area (Å²) in [7, 11) is 1.89. The molecule has 6 nitrogen and oxygen atoms in total. The van der Waals surface area contributed by atoms with Crippen LogP contribution in [-0.4, -0.2) is 16.3 Å². The molecule has 1 N–H and O–H groups in total. The predicted molar refractivity (Wildman–Crippen MR) is 133 cm³/mol. The topological polar surface area (TPSA) is 76.9 Å². The number of carbonyl (C=O) groups excluding carboxylic acids is 2. The molecule has 1 aliphatic rings. The molecule has 1 saturated carbocycles. The Hall–Kier alpha value is -2.69. The third kappa shape index (κ3) is 7.15. The van der Waals surface area contributed by atoms with Crippen LogP contribution in [0.4, 0.5) is 0 Å². The van der Waals surface area contributed by atoms with Crippen molar-refractivity contribution in [2.45, 2.75) is 51.0 Å². The van der Waals surface area contributed by atoms with E-state index < -0.39 is 23.5 Å². The SMILES string of the molecule is C1CCCCC1.O=C(CC(NC(=O)c1ccc2cc(Cl)ccn2c1=O)c1ccccc1)OP. The zero-order valence-corrected chi connectivity index (χ0v) is 20.2. The molecule has 0 spiro atoms. The Balaban J connectivity index is 0.000000442. The number of hydrogen-bond acceptors (Lipinski definition) is 4. The van der Waals surface area contributed by atoms with E-state index >= 15 is 0 Å². The molecule has 0 radical (unpaired) electrons. The van der Waals surface area contributed by atoms with E-state index in [1.165, 1.54) is 55.2 Å². The van der Waals surface area contributed by atoms with Gasteiger partial charge in [0.2, 0.25) is 0 Å². The fourth-order valence-electron chi connectivity index (χ4n) is 3.80. The lowest BCUT2D eigenvalue weighted by molar-refractivity contribution is -0.133. The average molecular weight is 487 g/mol. The second-order valence-corrected chi connectivity index (χ2v) is 8.62. The summed E-state index contributed by atoms with van der Waals surface area (Å²) in [4.78, 5) is 37.1. The largest absolute Gasteiger partial charge is 0.451 e. The maximum Gasteiger partial charge on any atom is 0.310 e. The summed E-state index contributed by atoms with van der Waals surface area (Å²) >= 11 is 5.93. The van der Waals surface area contributed by atoms with E-state index in [1.807, 2.05) is 15.5 Å². The van der Waals surface area contributed by atoms with Gasteiger partial charge in [0.05, 0.1) is 27.4 Å². The van der Waals surface area contributed by atoms with E-state index in [-0.39, 0.29) is 12.0 Å². The normalized spacial score (nSPS) is 14.0. The standard InChI is InChI=1S/C19H16ClN2O4P.C6H12/c20-13-8-9-22-14(10-13)6-7-15(19(22)25)18(24)21-16(11-17(23)26-27)12-4-2-1-3-5-12;1-2-4-6-5-3-1/h1-10,16H,11,27H2,(H,21,24);1-6H2. The molecule has 8 heteroatoms. The van der Waals surface area contributed by atoms with Crippen LogP contribution in [0.2, 0.25) is 5.02 Å². The van der Waals surface area contributed by atoms with E-state index in [0.717, 1.165) is 5.56 Å². The van der Waals surface area contributed by atoms with Crippen molar-refractivity contribution in [3.63, 3.8) is 0 Å². The Labute approximate surface area is 200 Å². The van der Waals surface area contributed by atoms with Crippen molar-refractivity contribution in [1.29, 1.82) is 0 Å². The number of amides is 1. The molecule has 3 aromatic rings. The fourth-order valence-corrected chi connectivity index (χ4v) is 4.06. The lowest BCUT2D eigenvalue weighted by atomic mass is 10.0. The minimum atomic E-state index is -0.628. The molecule has 2 aromatic heterocycles. The molecule has 174 valence electrons. The number of aromatic nitrogens is 1. The van der Waals surface area contributed by atoms with Gasteiger partial charge in [0.15, 0.2) is 0 Å². The Morgan fingerprint density at radius 1 is 1.00 bits per heavy atom. The summed E-state index contributed by atoms with van der Waals surface area (Å²) in [6.07, 6.45) is 10.4. The van der Waals surface area contributed by atoms with Gasteiger partial charge >= 0.3 is 5.97 Å². The molecule has 4 rings (SSSR count). The summed E-state index contributed by atoms with van der Waals surface area (Å²) in [6, 6.07) is 14.7. The first kappa shape index (κ1) is 24.9. The number of carbonyl (C=O) groups is 2. The monoisotopic (exact) mass is 486 g/mol. The minimum absolute atomic E-state index is 0.0324. The summed E-state index contributed by atoms with van der Waals surface area (Å²) in [5.74, 6) is -1.08. The summed E-state index contributed by atoms with van der Waals surface area (Å²) < 4.78 is 5.97. The second kappa shape index (κ2) is 12.5. The van der Waals surface area contributed by atoms with Gasteiger partial charge in [-0.15, -0.1) is 0 Å². The molecule has 2 atom stereocenters. The predicted octanol–water partition coefficient (Wildman–Crippen LogP) is 5.49. The quantitative estimate of drug-likeness (QED) is 0.484. The van der Waals surface area contributed by atoms with Crippen LogP contribution in [0.5, 0.6) is 0 Å². The zero-order valence-electron chi connectivity index (χ0n) is 18.3. The van der Waals surface area contributed by atoms with Gasteiger partial charge in [-0.3, -0.25) is 18.8 Å². The van der Waals surface area contributed by atoms with Crippen LogP contribution in [0, 0.1) is 0 Å². The van der Waals surface area contributed by atoms with Crippen molar-refractivity contribution in [1.82, 2.24) is 9.72 Å². The molecule has 2 unspecified atom stereocenters. The van der Waals surface area contributed by atoms with Crippen LogP contribution in [0.3, 0.4) is 0 Å². The highest BCUT2D eigenvalue weighted by Crippen LogP contribution is 2.19.